The zero-order valence-corrected chi connectivity index (χ0v) is 22.5. The molecule has 2 amide bonds. The number of nitrogens with zero attached hydrogens (tertiary/aromatic N) is 3. The molecule has 1 aromatic carbocycles. The molecule has 0 aliphatic carbocycles. The molecular formula is C26H39F2N5O4. The minimum atomic E-state index is -2.87. The molecule has 2 aliphatic rings. The number of amides is 2. The van der Waals surface area contributed by atoms with Crippen LogP contribution in [0.5, 0.6) is 5.75 Å². The minimum absolute atomic E-state index is 0.0334. The summed E-state index contributed by atoms with van der Waals surface area (Å²) in [6, 6.07) is 3.09. The SMILES string of the molecule is Cc1ccc(OC/C(N)=C(\C(F)F)N(C)N)c2c1CCN(C(=O)OC(C)(C)C)C2CN1CCC(C)C1=O. The minimum Gasteiger partial charge on any atom is -0.487 e. The van der Waals surface area contributed by atoms with Gasteiger partial charge in [-0.1, -0.05) is 13.0 Å². The number of ether oxygens (including phenoxy) is 2. The predicted octanol–water partition coefficient (Wildman–Crippen LogP) is 3.32. The molecule has 2 atom stereocenters. The lowest BCUT2D eigenvalue weighted by Gasteiger charge is -2.41. The van der Waals surface area contributed by atoms with E-state index in [2.05, 4.69) is 0 Å². The summed E-state index contributed by atoms with van der Waals surface area (Å²) in [6.07, 6.45) is -2.06. The van der Waals surface area contributed by atoms with Gasteiger partial charge in [0.1, 0.15) is 23.7 Å². The zero-order valence-electron chi connectivity index (χ0n) is 22.5. The van der Waals surface area contributed by atoms with Crippen LogP contribution in [0.3, 0.4) is 0 Å². The van der Waals surface area contributed by atoms with Crippen molar-refractivity contribution >= 4 is 12.0 Å². The van der Waals surface area contributed by atoms with E-state index in [0.29, 0.717) is 25.3 Å². The van der Waals surface area contributed by atoms with Crippen molar-refractivity contribution in [2.24, 2.45) is 17.5 Å². The number of nitrogens with two attached hydrogens (primary N) is 2. The van der Waals surface area contributed by atoms with Crippen LogP contribution in [0.15, 0.2) is 23.5 Å². The van der Waals surface area contributed by atoms with E-state index < -0.39 is 29.9 Å². The summed E-state index contributed by atoms with van der Waals surface area (Å²) in [5.41, 5.74) is 7.25. The van der Waals surface area contributed by atoms with Crippen LogP contribution < -0.4 is 16.3 Å². The fourth-order valence-electron chi connectivity index (χ4n) is 4.88. The van der Waals surface area contributed by atoms with Gasteiger partial charge in [-0.05, 0) is 57.7 Å². The molecule has 2 heterocycles. The number of rotatable bonds is 7. The van der Waals surface area contributed by atoms with E-state index in [4.69, 9.17) is 21.1 Å². The quantitative estimate of drug-likeness (QED) is 0.416. The Morgan fingerprint density at radius 2 is 1.95 bits per heavy atom. The number of benzene rings is 1. The Bertz CT molecular complexity index is 1040. The Hall–Kier alpha value is -3.08. The maximum Gasteiger partial charge on any atom is 0.410 e. The summed E-state index contributed by atoms with van der Waals surface area (Å²) < 4.78 is 38.6. The first-order valence-electron chi connectivity index (χ1n) is 12.5. The maximum absolute atomic E-state index is 13.5. The molecule has 206 valence electrons. The molecule has 11 heteroatoms. The largest absolute Gasteiger partial charge is 0.487 e. The Labute approximate surface area is 217 Å². The summed E-state index contributed by atoms with van der Waals surface area (Å²) >= 11 is 0. The molecule has 2 unspecified atom stereocenters. The summed E-state index contributed by atoms with van der Waals surface area (Å²) in [5, 5.41) is 0.779. The number of aryl methyl sites for hydroxylation is 1. The number of allylic oxidation sites excluding steroid dienone is 1. The number of likely N-dealkylation sites (tertiary alicyclic amines) is 1. The summed E-state index contributed by atoms with van der Waals surface area (Å²) in [6.45, 7) is 10.2. The van der Waals surface area contributed by atoms with Gasteiger partial charge in [-0.15, -0.1) is 0 Å². The highest BCUT2D eigenvalue weighted by atomic mass is 19.3. The highest BCUT2D eigenvalue weighted by Gasteiger charge is 2.40. The van der Waals surface area contributed by atoms with Crippen LogP contribution >= 0.6 is 0 Å². The molecule has 0 spiro atoms. The molecule has 0 bridgehead atoms. The van der Waals surface area contributed by atoms with Crippen molar-refractivity contribution in [3.8, 4) is 5.75 Å². The zero-order chi connectivity index (χ0) is 27.7. The summed E-state index contributed by atoms with van der Waals surface area (Å²) in [5.74, 6) is 5.90. The van der Waals surface area contributed by atoms with Gasteiger partial charge >= 0.3 is 6.09 Å². The molecule has 1 aromatic rings. The number of carbonyl (C=O) groups excluding carboxylic acids is 2. The maximum atomic E-state index is 13.5. The number of alkyl halides is 2. The molecule has 0 aromatic heterocycles. The second-order valence-electron chi connectivity index (χ2n) is 10.8. The second kappa shape index (κ2) is 11.1. The van der Waals surface area contributed by atoms with Crippen molar-refractivity contribution in [3.63, 3.8) is 0 Å². The standard InChI is InChI=1S/C26H39F2N5O4/c1-15-7-8-20(36-14-18(29)22(23(27)28)31(6)30)21-17(15)10-12-33(25(35)37-26(3,4)5)19(21)13-32-11-9-16(2)24(32)34/h7-8,16,19,23H,9-14,29-30H2,1-6H3/b22-18-. The van der Waals surface area contributed by atoms with Crippen molar-refractivity contribution in [2.75, 3.05) is 33.3 Å². The fourth-order valence-corrected chi connectivity index (χ4v) is 4.88. The van der Waals surface area contributed by atoms with Crippen LogP contribution in [-0.4, -0.2) is 72.1 Å². The average Bonchev–Trinajstić information content (AvgIpc) is 3.09. The van der Waals surface area contributed by atoms with Gasteiger partial charge in [0.15, 0.2) is 0 Å². The Morgan fingerprint density at radius 1 is 1.27 bits per heavy atom. The van der Waals surface area contributed by atoms with Gasteiger partial charge in [-0.3, -0.25) is 9.69 Å². The number of fused-ring (bicyclic) bond motifs is 1. The van der Waals surface area contributed by atoms with E-state index >= 15 is 0 Å². The lowest BCUT2D eigenvalue weighted by Crippen LogP contribution is -2.47. The Balaban J connectivity index is 2.03. The fraction of sp³-hybridized carbons (Fsp3) is 0.615. The van der Waals surface area contributed by atoms with E-state index in [1.165, 1.54) is 7.05 Å². The van der Waals surface area contributed by atoms with Gasteiger partial charge in [0, 0.05) is 38.2 Å². The van der Waals surface area contributed by atoms with E-state index in [1.54, 1.807) is 36.6 Å². The Kier molecular flexibility index (Phi) is 8.56. The first kappa shape index (κ1) is 28.5. The third-order valence-corrected chi connectivity index (χ3v) is 6.75. The first-order chi connectivity index (χ1) is 17.2. The van der Waals surface area contributed by atoms with Gasteiger partial charge < -0.3 is 25.1 Å². The number of hydrogen-bond donors (Lipinski definition) is 2. The van der Waals surface area contributed by atoms with Gasteiger partial charge in [0.2, 0.25) is 5.91 Å². The molecule has 4 N–H and O–H groups in total. The van der Waals surface area contributed by atoms with Crippen LogP contribution in [-0.2, 0) is 16.0 Å². The molecule has 0 radical (unpaired) electrons. The summed E-state index contributed by atoms with van der Waals surface area (Å²) in [4.78, 5) is 29.5. The molecule has 9 nitrogen and oxygen atoms in total. The van der Waals surface area contributed by atoms with Gasteiger partial charge in [-0.25, -0.2) is 19.4 Å². The van der Waals surface area contributed by atoms with Crippen LogP contribution in [0.1, 0.15) is 56.8 Å². The highest BCUT2D eigenvalue weighted by molar-refractivity contribution is 5.80. The molecule has 1 fully saturated rings. The lowest BCUT2D eigenvalue weighted by molar-refractivity contribution is -0.131. The van der Waals surface area contributed by atoms with Crippen molar-refractivity contribution in [1.29, 1.82) is 0 Å². The van der Waals surface area contributed by atoms with E-state index in [0.717, 1.165) is 28.1 Å². The van der Waals surface area contributed by atoms with E-state index in [1.807, 2.05) is 19.9 Å². The average molecular weight is 524 g/mol. The molecule has 1 saturated heterocycles. The summed E-state index contributed by atoms with van der Waals surface area (Å²) in [7, 11) is 1.28. The lowest BCUT2D eigenvalue weighted by atomic mass is 9.88. The van der Waals surface area contributed by atoms with Crippen LogP contribution in [0.25, 0.3) is 0 Å². The smallest absolute Gasteiger partial charge is 0.410 e. The van der Waals surface area contributed by atoms with Crippen molar-refractivity contribution in [1.82, 2.24) is 14.8 Å². The number of hydrogen-bond acceptors (Lipinski definition) is 7. The molecule has 0 saturated carbocycles. The monoisotopic (exact) mass is 523 g/mol. The van der Waals surface area contributed by atoms with Crippen LogP contribution in [0, 0.1) is 12.8 Å². The van der Waals surface area contributed by atoms with E-state index in [-0.39, 0.29) is 30.7 Å². The second-order valence-corrected chi connectivity index (χ2v) is 10.8. The number of hydrazine groups is 1. The van der Waals surface area contributed by atoms with Crippen LogP contribution in [0.2, 0.25) is 0 Å². The topological polar surface area (TPSA) is 114 Å². The van der Waals surface area contributed by atoms with Gasteiger partial charge in [-0.2, -0.15) is 0 Å². The van der Waals surface area contributed by atoms with E-state index in [9.17, 15) is 18.4 Å². The molecule has 3 rings (SSSR count). The van der Waals surface area contributed by atoms with Crippen LogP contribution in [0.4, 0.5) is 13.6 Å². The molecule has 2 aliphatic heterocycles. The Morgan fingerprint density at radius 3 is 2.49 bits per heavy atom. The van der Waals surface area contributed by atoms with Gasteiger partial charge in [0.05, 0.1) is 11.7 Å². The van der Waals surface area contributed by atoms with Crippen molar-refractivity contribution in [3.05, 3.63) is 40.2 Å². The number of halogens is 2. The predicted molar refractivity (Wildman–Crippen MR) is 136 cm³/mol. The number of carbonyl (C=O) groups is 2. The molecular weight excluding hydrogens is 484 g/mol. The third-order valence-electron chi connectivity index (χ3n) is 6.75. The highest BCUT2D eigenvalue weighted by Crippen LogP contribution is 2.40. The first-order valence-corrected chi connectivity index (χ1v) is 12.5. The normalized spacial score (nSPS) is 20.6. The van der Waals surface area contributed by atoms with Gasteiger partial charge in [0.25, 0.3) is 6.43 Å². The van der Waals surface area contributed by atoms with Crippen molar-refractivity contribution < 1.29 is 27.8 Å². The van der Waals surface area contributed by atoms with Crippen molar-refractivity contribution in [2.45, 2.75) is 65.5 Å². The third kappa shape index (κ3) is 6.44. The molecule has 37 heavy (non-hydrogen) atoms.